The largest absolute Gasteiger partial charge is 0.197 e. The number of nitrogens with zero attached hydrogens (tertiary/aromatic N) is 4. The van der Waals surface area contributed by atoms with Crippen LogP contribution in [0.25, 0.3) is 5.69 Å². The van der Waals surface area contributed by atoms with Gasteiger partial charge >= 0.3 is 0 Å². The molecule has 4 nitrogen and oxygen atoms in total. The third kappa shape index (κ3) is 1.96. The minimum absolute atomic E-state index is 0.550. The quantitative estimate of drug-likeness (QED) is 0.791. The lowest BCUT2D eigenvalue weighted by Gasteiger charge is -2.07. The molecule has 16 heavy (non-hydrogen) atoms. The highest BCUT2D eigenvalue weighted by Crippen LogP contribution is 2.16. The zero-order chi connectivity index (χ0) is 11.5. The van der Waals surface area contributed by atoms with Crippen molar-refractivity contribution in [3.8, 4) is 5.69 Å². The van der Waals surface area contributed by atoms with Crippen LogP contribution in [0, 0.1) is 0 Å². The predicted octanol–water partition coefficient (Wildman–Crippen LogP) is 2.35. The molecule has 0 amide bonds. The molecule has 0 aliphatic rings. The van der Waals surface area contributed by atoms with E-state index in [4.69, 9.17) is 0 Å². The molecule has 4 heteroatoms. The van der Waals surface area contributed by atoms with Gasteiger partial charge in [0.1, 0.15) is 0 Å². The minimum atomic E-state index is 0.550. The van der Waals surface area contributed by atoms with E-state index in [1.54, 1.807) is 4.68 Å². The molecule has 0 bridgehead atoms. The zero-order valence-corrected chi connectivity index (χ0v) is 9.88. The Morgan fingerprint density at radius 1 is 1.19 bits per heavy atom. The monoisotopic (exact) mass is 216 g/mol. The molecule has 2 aromatic rings. The van der Waals surface area contributed by atoms with E-state index in [0.29, 0.717) is 5.92 Å². The van der Waals surface area contributed by atoms with E-state index >= 15 is 0 Å². The first kappa shape index (κ1) is 10.8. The fourth-order valence-corrected chi connectivity index (χ4v) is 1.63. The lowest BCUT2D eigenvalue weighted by atomic mass is 10.0. The van der Waals surface area contributed by atoms with Crippen LogP contribution in [0.3, 0.4) is 0 Å². The smallest absolute Gasteiger partial charge is 0.156 e. The summed E-state index contributed by atoms with van der Waals surface area (Å²) in [7, 11) is 0. The number of aromatic nitrogens is 4. The predicted molar refractivity (Wildman–Crippen MR) is 62.6 cm³/mol. The lowest BCUT2D eigenvalue weighted by molar-refractivity contribution is 0.764. The first-order valence-electron chi connectivity index (χ1n) is 5.60. The third-order valence-electron chi connectivity index (χ3n) is 2.65. The van der Waals surface area contributed by atoms with Crippen molar-refractivity contribution >= 4 is 0 Å². The Hall–Kier alpha value is -1.71. The van der Waals surface area contributed by atoms with Crippen molar-refractivity contribution in [2.24, 2.45) is 0 Å². The summed E-state index contributed by atoms with van der Waals surface area (Å²) in [6.45, 7) is 6.41. The summed E-state index contributed by atoms with van der Waals surface area (Å²) in [6.07, 6.45) is 0.832. The number of benzene rings is 1. The van der Waals surface area contributed by atoms with Crippen molar-refractivity contribution < 1.29 is 0 Å². The fraction of sp³-hybridized carbons (Fsp3) is 0.417. The molecule has 1 heterocycles. The van der Waals surface area contributed by atoms with Crippen LogP contribution >= 0.6 is 0 Å². The van der Waals surface area contributed by atoms with Crippen molar-refractivity contribution in [1.29, 1.82) is 0 Å². The maximum atomic E-state index is 3.99. The number of tetrazole rings is 1. The number of hydrogen-bond donors (Lipinski definition) is 0. The standard InChI is InChI=1S/C12H16N4/c1-4-12-13-14-15-16(12)11-7-5-10(6-8-11)9(2)3/h5-9H,4H2,1-3H3. The molecule has 2 rings (SSSR count). The molecular formula is C12H16N4. The molecule has 0 unspecified atom stereocenters. The van der Waals surface area contributed by atoms with Crippen LogP contribution < -0.4 is 0 Å². The number of rotatable bonds is 3. The highest BCUT2D eigenvalue weighted by atomic mass is 15.5. The molecule has 84 valence electrons. The number of aryl methyl sites for hydroxylation is 1. The van der Waals surface area contributed by atoms with Gasteiger partial charge in [-0.1, -0.05) is 32.9 Å². The van der Waals surface area contributed by atoms with Crippen molar-refractivity contribution in [1.82, 2.24) is 20.2 Å². The van der Waals surface area contributed by atoms with E-state index in [9.17, 15) is 0 Å². The second-order valence-corrected chi connectivity index (χ2v) is 4.11. The molecule has 1 aromatic carbocycles. The average molecular weight is 216 g/mol. The van der Waals surface area contributed by atoms with E-state index in [1.165, 1.54) is 5.56 Å². The maximum absolute atomic E-state index is 3.99. The summed E-state index contributed by atoms with van der Waals surface area (Å²) in [5.41, 5.74) is 2.35. The van der Waals surface area contributed by atoms with Crippen molar-refractivity contribution in [2.75, 3.05) is 0 Å². The minimum Gasteiger partial charge on any atom is -0.197 e. The van der Waals surface area contributed by atoms with Crippen molar-refractivity contribution in [3.63, 3.8) is 0 Å². The Morgan fingerprint density at radius 3 is 2.44 bits per heavy atom. The Kier molecular flexibility index (Phi) is 2.99. The van der Waals surface area contributed by atoms with Crippen LogP contribution in [-0.4, -0.2) is 20.2 Å². The molecule has 0 atom stereocenters. The molecule has 0 N–H and O–H groups in total. The summed E-state index contributed by atoms with van der Waals surface area (Å²) in [5, 5.41) is 11.6. The van der Waals surface area contributed by atoms with Gasteiger partial charge < -0.3 is 0 Å². The highest BCUT2D eigenvalue weighted by Gasteiger charge is 2.06. The van der Waals surface area contributed by atoms with Gasteiger partial charge in [0.05, 0.1) is 5.69 Å². The first-order chi connectivity index (χ1) is 7.72. The van der Waals surface area contributed by atoms with Gasteiger partial charge in [-0.15, -0.1) is 5.10 Å². The van der Waals surface area contributed by atoms with Crippen molar-refractivity contribution in [2.45, 2.75) is 33.1 Å². The Balaban J connectivity index is 2.35. The van der Waals surface area contributed by atoms with Gasteiger partial charge in [-0.3, -0.25) is 0 Å². The highest BCUT2D eigenvalue weighted by molar-refractivity contribution is 5.35. The van der Waals surface area contributed by atoms with E-state index in [1.807, 2.05) is 6.92 Å². The third-order valence-corrected chi connectivity index (χ3v) is 2.65. The molecule has 0 radical (unpaired) electrons. The van der Waals surface area contributed by atoms with Crippen LogP contribution in [0.15, 0.2) is 24.3 Å². The summed E-state index contributed by atoms with van der Waals surface area (Å²) < 4.78 is 1.78. The van der Waals surface area contributed by atoms with Gasteiger partial charge in [0.15, 0.2) is 5.82 Å². The topological polar surface area (TPSA) is 43.6 Å². The van der Waals surface area contributed by atoms with Crippen LogP contribution in [0.4, 0.5) is 0 Å². The fourth-order valence-electron chi connectivity index (χ4n) is 1.63. The van der Waals surface area contributed by atoms with Gasteiger partial charge in [-0.2, -0.15) is 4.68 Å². The normalized spacial score (nSPS) is 11.0. The van der Waals surface area contributed by atoms with Crippen molar-refractivity contribution in [3.05, 3.63) is 35.7 Å². The van der Waals surface area contributed by atoms with Gasteiger partial charge in [-0.25, -0.2) is 0 Å². The molecule has 0 saturated heterocycles. The molecule has 0 spiro atoms. The Bertz CT molecular complexity index is 456. The van der Waals surface area contributed by atoms with E-state index < -0.39 is 0 Å². The first-order valence-corrected chi connectivity index (χ1v) is 5.60. The van der Waals surface area contributed by atoms with E-state index in [0.717, 1.165) is 17.9 Å². The molecule has 0 aliphatic heterocycles. The Labute approximate surface area is 95.3 Å². The lowest BCUT2D eigenvalue weighted by Crippen LogP contribution is -2.02. The second-order valence-electron chi connectivity index (χ2n) is 4.11. The van der Waals surface area contributed by atoms with Crippen LogP contribution in [-0.2, 0) is 6.42 Å². The number of hydrogen-bond acceptors (Lipinski definition) is 3. The van der Waals surface area contributed by atoms with E-state index in [-0.39, 0.29) is 0 Å². The molecule has 1 aromatic heterocycles. The summed E-state index contributed by atoms with van der Waals surface area (Å²) in [5.74, 6) is 1.44. The summed E-state index contributed by atoms with van der Waals surface area (Å²) in [6, 6.07) is 8.37. The van der Waals surface area contributed by atoms with Gasteiger partial charge in [0, 0.05) is 6.42 Å². The summed E-state index contributed by atoms with van der Waals surface area (Å²) >= 11 is 0. The second kappa shape index (κ2) is 4.43. The van der Waals surface area contributed by atoms with Gasteiger partial charge in [0.25, 0.3) is 0 Å². The van der Waals surface area contributed by atoms with Gasteiger partial charge in [-0.05, 0) is 34.0 Å². The zero-order valence-electron chi connectivity index (χ0n) is 9.88. The van der Waals surface area contributed by atoms with Crippen LogP contribution in [0.2, 0.25) is 0 Å². The Morgan fingerprint density at radius 2 is 1.88 bits per heavy atom. The van der Waals surface area contributed by atoms with Gasteiger partial charge in [0.2, 0.25) is 0 Å². The maximum Gasteiger partial charge on any atom is 0.156 e. The summed E-state index contributed by atoms with van der Waals surface area (Å²) in [4.78, 5) is 0. The SMILES string of the molecule is CCc1nnnn1-c1ccc(C(C)C)cc1. The van der Waals surface area contributed by atoms with E-state index in [2.05, 4.69) is 53.6 Å². The van der Waals surface area contributed by atoms with Crippen LogP contribution in [0.1, 0.15) is 38.1 Å². The molecular weight excluding hydrogens is 200 g/mol. The molecule has 0 fully saturated rings. The van der Waals surface area contributed by atoms with Crippen LogP contribution in [0.5, 0.6) is 0 Å². The molecule has 0 aliphatic carbocycles. The molecule has 0 saturated carbocycles. The average Bonchev–Trinajstić information content (AvgIpc) is 2.77.